The number of aromatic nitrogens is 1. The number of H-pyrrole nitrogens is 1. The van der Waals surface area contributed by atoms with E-state index >= 15 is 0 Å². The van der Waals surface area contributed by atoms with Gasteiger partial charge in [0.15, 0.2) is 0 Å². The Morgan fingerprint density at radius 3 is 2.83 bits per heavy atom. The highest BCUT2D eigenvalue weighted by Crippen LogP contribution is 2.01. The lowest BCUT2D eigenvalue weighted by Gasteiger charge is -1.61. The zero-order valence-corrected chi connectivity index (χ0v) is 3.79. The summed E-state index contributed by atoms with van der Waals surface area (Å²) < 4.78 is 0. The molecule has 0 aliphatic rings. The van der Waals surface area contributed by atoms with Crippen LogP contribution in [0.25, 0.3) is 0 Å². The fourth-order valence-electron chi connectivity index (χ4n) is 0.263. The summed E-state index contributed by atoms with van der Waals surface area (Å²) in [4.78, 5) is 2.67. The normalized spacial score (nSPS) is 8.83. The molecule has 31 valence electrons. The molecule has 0 fully saturated rings. The van der Waals surface area contributed by atoms with E-state index in [9.17, 15) is 0 Å². The van der Waals surface area contributed by atoms with Crippen LogP contribution in [0.15, 0.2) is 12.3 Å². The fourth-order valence-corrected chi connectivity index (χ4v) is 0.372. The van der Waals surface area contributed by atoms with E-state index in [0.29, 0.717) is 5.02 Å². The minimum atomic E-state index is 0.704. The Balaban J connectivity index is 3.05. The molecule has 0 unspecified atom stereocenters. The third kappa shape index (κ3) is 0.546. The van der Waals surface area contributed by atoms with Crippen molar-refractivity contribution in [2.24, 2.45) is 0 Å². The molecule has 0 aliphatic heterocycles. The van der Waals surface area contributed by atoms with Crippen LogP contribution in [-0.4, -0.2) is 4.98 Å². The highest BCUT2D eigenvalue weighted by Gasteiger charge is 1.77. The van der Waals surface area contributed by atoms with Crippen LogP contribution in [0.2, 0.25) is 5.02 Å². The number of aromatic amines is 1. The maximum atomic E-state index is 5.39. The molecule has 0 atom stereocenters. The predicted molar refractivity (Wildman–Crippen MR) is 24.6 cm³/mol. The summed E-state index contributed by atoms with van der Waals surface area (Å²) in [5.41, 5.74) is 0. The lowest BCUT2D eigenvalue weighted by atomic mass is 10.7. The van der Waals surface area contributed by atoms with Crippen LogP contribution in [-0.2, 0) is 0 Å². The van der Waals surface area contributed by atoms with E-state index in [4.69, 9.17) is 11.6 Å². The van der Waals surface area contributed by atoms with Gasteiger partial charge in [0.05, 0.1) is 11.2 Å². The highest BCUT2D eigenvalue weighted by molar-refractivity contribution is 6.30. The Kier molecular flexibility index (Phi) is 0.843. The smallest absolute Gasteiger partial charge is 0.0635 e. The van der Waals surface area contributed by atoms with Crippen LogP contribution in [0.4, 0.5) is 0 Å². The number of rotatable bonds is 0. The van der Waals surface area contributed by atoms with Crippen molar-refractivity contribution in [3.63, 3.8) is 0 Å². The van der Waals surface area contributed by atoms with Crippen LogP contribution in [0.3, 0.4) is 0 Å². The molecule has 0 spiro atoms. The molecule has 6 heavy (non-hydrogen) atoms. The van der Waals surface area contributed by atoms with Crippen molar-refractivity contribution in [1.29, 1.82) is 0 Å². The quantitative estimate of drug-likeness (QED) is 0.508. The molecule has 1 N–H and O–H groups in total. The van der Waals surface area contributed by atoms with Gasteiger partial charge in [-0.1, -0.05) is 11.6 Å². The minimum absolute atomic E-state index is 0.704. The maximum Gasteiger partial charge on any atom is 0.0635 e. The first-order chi connectivity index (χ1) is 2.89. The third-order valence-electron chi connectivity index (χ3n) is 0.503. The Morgan fingerprint density at radius 2 is 2.67 bits per heavy atom. The van der Waals surface area contributed by atoms with Crippen molar-refractivity contribution in [3.8, 4) is 0 Å². The second-order valence-electron chi connectivity index (χ2n) is 0.962. The minimum Gasteiger partial charge on any atom is -0.359 e. The number of halogens is 1. The van der Waals surface area contributed by atoms with Gasteiger partial charge in [-0.2, -0.15) is 0 Å². The zero-order valence-electron chi connectivity index (χ0n) is 3.03. The van der Waals surface area contributed by atoms with Gasteiger partial charge in [0.2, 0.25) is 0 Å². The average Bonchev–Trinajstić information content (AvgIpc) is 1.86. The molecule has 0 aliphatic carbocycles. The second kappa shape index (κ2) is 1.35. The summed E-state index contributed by atoms with van der Waals surface area (Å²) in [6.45, 7) is 0. The largest absolute Gasteiger partial charge is 0.359 e. The molecular weight excluding hydrogens is 97.5 g/mol. The number of nitrogens with one attached hydrogen (secondary N) is 1. The van der Waals surface area contributed by atoms with Gasteiger partial charge in [0.1, 0.15) is 0 Å². The lowest BCUT2D eigenvalue weighted by Crippen LogP contribution is -1.42. The van der Waals surface area contributed by atoms with E-state index in [1.54, 1.807) is 12.3 Å². The average molecular weight is 101 g/mol. The standard InChI is InChI=1S/C4H3ClN/c5-4-1-2-6-3-4/h1,3,6H. The topological polar surface area (TPSA) is 15.8 Å². The van der Waals surface area contributed by atoms with Crippen molar-refractivity contribution >= 4 is 11.6 Å². The Morgan fingerprint density at radius 1 is 1.83 bits per heavy atom. The van der Waals surface area contributed by atoms with Crippen molar-refractivity contribution in [2.75, 3.05) is 0 Å². The van der Waals surface area contributed by atoms with E-state index < -0.39 is 0 Å². The molecule has 0 saturated heterocycles. The molecule has 1 nitrogen and oxygen atoms in total. The van der Waals surface area contributed by atoms with Gasteiger partial charge in [0.25, 0.3) is 0 Å². The van der Waals surface area contributed by atoms with Gasteiger partial charge in [-0.05, 0) is 6.07 Å². The first-order valence-electron chi connectivity index (χ1n) is 1.59. The summed E-state index contributed by atoms with van der Waals surface area (Å²) >= 11 is 5.39. The molecule has 0 aromatic carbocycles. The summed E-state index contributed by atoms with van der Waals surface area (Å²) in [5.74, 6) is 0. The van der Waals surface area contributed by atoms with Crippen LogP contribution < -0.4 is 0 Å². The molecule has 2 heteroatoms. The first kappa shape index (κ1) is 3.75. The summed E-state index contributed by atoms with van der Waals surface area (Å²) in [5, 5.41) is 0.704. The summed E-state index contributed by atoms with van der Waals surface area (Å²) in [6.07, 6.45) is 4.34. The second-order valence-corrected chi connectivity index (χ2v) is 1.40. The van der Waals surface area contributed by atoms with E-state index in [-0.39, 0.29) is 0 Å². The monoisotopic (exact) mass is 100.0 g/mol. The number of hydrogen-bond acceptors (Lipinski definition) is 0. The molecule has 1 heterocycles. The molecule has 0 saturated carbocycles. The van der Waals surface area contributed by atoms with E-state index in [0.717, 1.165) is 0 Å². The summed E-state index contributed by atoms with van der Waals surface area (Å²) in [7, 11) is 0. The van der Waals surface area contributed by atoms with Gasteiger partial charge < -0.3 is 4.98 Å². The molecule has 1 radical (unpaired) electrons. The van der Waals surface area contributed by atoms with E-state index in [1.807, 2.05) is 0 Å². The highest BCUT2D eigenvalue weighted by atomic mass is 35.5. The summed E-state index contributed by atoms with van der Waals surface area (Å²) in [6, 6.07) is 1.67. The molecule has 1 rings (SSSR count). The fraction of sp³-hybridized carbons (Fsp3) is 0. The van der Waals surface area contributed by atoms with Crippen molar-refractivity contribution < 1.29 is 0 Å². The Bertz CT molecular complexity index is 111. The molecular formula is C4H3ClN. The zero-order chi connectivity index (χ0) is 4.41. The van der Waals surface area contributed by atoms with Crippen LogP contribution >= 0.6 is 11.6 Å². The Hall–Kier alpha value is -0.430. The maximum absolute atomic E-state index is 5.39. The van der Waals surface area contributed by atoms with Crippen LogP contribution in [0, 0.1) is 6.20 Å². The van der Waals surface area contributed by atoms with E-state index in [2.05, 4.69) is 11.2 Å². The van der Waals surface area contributed by atoms with Crippen molar-refractivity contribution in [3.05, 3.63) is 23.5 Å². The molecule has 1 aromatic rings. The molecule has 0 amide bonds. The molecule has 1 aromatic heterocycles. The predicted octanol–water partition coefficient (Wildman–Crippen LogP) is 1.47. The van der Waals surface area contributed by atoms with Crippen LogP contribution in [0.5, 0.6) is 0 Å². The van der Waals surface area contributed by atoms with Crippen molar-refractivity contribution in [2.45, 2.75) is 0 Å². The number of hydrogen-bond donors (Lipinski definition) is 1. The van der Waals surface area contributed by atoms with Gasteiger partial charge in [-0.3, -0.25) is 0 Å². The van der Waals surface area contributed by atoms with Gasteiger partial charge in [-0.15, -0.1) is 0 Å². The third-order valence-corrected chi connectivity index (χ3v) is 0.722. The van der Waals surface area contributed by atoms with Gasteiger partial charge >= 0.3 is 0 Å². The SMILES string of the molecule is Clc1c[c][nH]c1. The van der Waals surface area contributed by atoms with E-state index in [1.165, 1.54) is 0 Å². The van der Waals surface area contributed by atoms with Crippen molar-refractivity contribution in [1.82, 2.24) is 4.98 Å². The molecule has 0 bridgehead atoms. The first-order valence-corrected chi connectivity index (χ1v) is 1.97. The van der Waals surface area contributed by atoms with Gasteiger partial charge in [-0.25, -0.2) is 0 Å². The van der Waals surface area contributed by atoms with Crippen LogP contribution in [0.1, 0.15) is 0 Å². The Labute approximate surface area is 40.9 Å². The van der Waals surface area contributed by atoms with Gasteiger partial charge in [0, 0.05) is 6.20 Å². The lowest BCUT2D eigenvalue weighted by molar-refractivity contribution is 1.40.